The van der Waals surface area contributed by atoms with Crippen LogP contribution in [-0.2, 0) is 4.79 Å². The van der Waals surface area contributed by atoms with Crippen molar-refractivity contribution in [2.45, 2.75) is 19.3 Å². The van der Waals surface area contributed by atoms with Gasteiger partial charge in [0.05, 0.1) is 6.26 Å². The van der Waals surface area contributed by atoms with Gasteiger partial charge in [-0.3, -0.25) is 4.79 Å². The number of hydrogen-bond donors (Lipinski definition) is 2. The van der Waals surface area contributed by atoms with Crippen molar-refractivity contribution >= 4 is 16.9 Å². The van der Waals surface area contributed by atoms with Crippen molar-refractivity contribution in [3.63, 3.8) is 0 Å². The molecule has 1 heterocycles. The second-order valence-electron chi connectivity index (χ2n) is 3.94. The Morgan fingerprint density at radius 3 is 3.00 bits per heavy atom. The van der Waals surface area contributed by atoms with Crippen LogP contribution in [0.5, 0.6) is 5.75 Å². The van der Waals surface area contributed by atoms with Crippen molar-refractivity contribution in [3.8, 4) is 5.75 Å². The number of primary amides is 1. The topological polar surface area (TPSA) is 76.5 Å². The van der Waals surface area contributed by atoms with Crippen LogP contribution in [0.2, 0.25) is 0 Å². The number of nitrogens with two attached hydrogens (primary N) is 1. The quantitative estimate of drug-likeness (QED) is 0.830. The standard InChI is InChI=1S/C12H13NO3/c1-7(4-12(13)15)10-6-16-11-5-8(14)2-3-9(10)11/h2-3,5-7,14H,4H2,1H3,(H2,13,15). The van der Waals surface area contributed by atoms with Gasteiger partial charge in [0, 0.05) is 23.4 Å². The second-order valence-corrected chi connectivity index (χ2v) is 3.94. The summed E-state index contributed by atoms with van der Waals surface area (Å²) < 4.78 is 5.32. The van der Waals surface area contributed by atoms with E-state index >= 15 is 0 Å². The predicted molar refractivity (Wildman–Crippen MR) is 60.1 cm³/mol. The molecule has 1 unspecified atom stereocenters. The molecular weight excluding hydrogens is 206 g/mol. The van der Waals surface area contributed by atoms with Crippen LogP contribution in [0, 0.1) is 0 Å². The molecule has 84 valence electrons. The maximum absolute atomic E-state index is 10.8. The second kappa shape index (κ2) is 3.89. The first-order valence-corrected chi connectivity index (χ1v) is 5.06. The molecule has 1 atom stereocenters. The minimum absolute atomic E-state index is 0.0169. The van der Waals surface area contributed by atoms with Gasteiger partial charge in [-0.15, -0.1) is 0 Å². The zero-order valence-electron chi connectivity index (χ0n) is 8.93. The van der Waals surface area contributed by atoms with Crippen molar-refractivity contribution in [1.82, 2.24) is 0 Å². The number of carbonyl (C=O) groups is 1. The highest BCUT2D eigenvalue weighted by Crippen LogP contribution is 2.31. The molecule has 0 saturated carbocycles. The van der Waals surface area contributed by atoms with Gasteiger partial charge in [-0.1, -0.05) is 6.92 Å². The molecule has 16 heavy (non-hydrogen) atoms. The molecule has 0 saturated heterocycles. The summed E-state index contributed by atoms with van der Waals surface area (Å²) in [5.74, 6) is -0.153. The maximum atomic E-state index is 10.8. The Morgan fingerprint density at radius 2 is 2.31 bits per heavy atom. The Kier molecular flexibility index (Phi) is 2.56. The van der Waals surface area contributed by atoms with E-state index in [1.165, 1.54) is 0 Å². The van der Waals surface area contributed by atoms with Gasteiger partial charge in [0.25, 0.3) is 0 Å². The van der Waals surface area contributed by atoms with E-state index in [-0.39, 0.29) is 24.0 Å². The van der Waals surface area contributed by atoms with E-state index in [0.717, 1.165) is 10.9 Å². The molecule has 0 spiro atoms. The maximum Gasteiger partial charge on any atom is 0.218 e. The third-order valence-electron chi connectivity index (χ3n) is 2.63. The van der Waals surface area contributed by atoms with Crippen molar-refractivity contribution in [2.24, 2.45) is 5.73 Å². The Labute approximate surface area is 92.7 Å². The molecular formula is C12H13NO3. The lowest BCUT2D eigenvalue weighted by Crippen LogP contribution is -2.13. The zero-order chi connectivity index (χ0) is 11.7. The van der Waals surface area contributed by atoms with Crippen molar-refractivity contribution in [3.05, 3.63) is 30.0 Å². The first-order chi connectivity index (χ1) is 7.58. The first-order valence-electron chi connectivity index (χ1n) is 5.06. The van der Waals surface area contributed by atoms with Gasteiger partial charge in [0.2, 0.25) is 5.91 Å². The molecule has 1 amide bonds. The highest BCUT2D eigenvalue weighted by Gasteiger charge is 2.15. The van der Waals surface area contributed by atoms with E-state index in [1.54, 1.807) is 24.5 Å². The van der Waals surface area contributed by atoms with E-state index in [0.29, 0.717) is 5.58 Å². The van der Waals surface area contributed by atoms with Gasteiger partial charge in [0.15, 0.2) is 0 Å². The van der Waals surface area contributed by atoms with E-state index in [1.807, 2.05) is 6.92 Å². The fourth-order valence-corrected chi connectivity index (χ4v) is 1.83. The minimum Gasteiger partial charge on any atom is -0.508 e. The number of amides is 1. The van der Waals surface area contributed by atoms with Crippen LogP contribution in [0.25, 0.3) is 11.0 Å². The summed E-state index contributed by atoms with van der Waals surface area (Å²) in [6.07, 6.45) is 1.90. The number of fused-ring (bicyclic) bond motifs is 1. The van der Waals surface area contributed by atoms with Crippen LogP contribution in [-0.4, -0.2) is 11.0 Å². The summed E-state index contributed by atoms with van der Waals surface area (Å²) in [5, 5.41) is 10.2. The van der Waals surface area contributed by atoms with Gasteiger partial charge < -0.3 is 15.3 Å². The van der Waals surface area contributed by atoms with E-state index < -0.39 is 0 Å². The molecule has 1 aromatic heterocycles. The minimum atomic E-state index is -0.333. The van der Waals surface area contributed by atoms with Crippen LogP contribution >= 0.6 is 0 Å². The molecule has 2 aromatic rings. The number of phenolic OH excluding ortho intramolecular Hbond substituents is 1. The van der Waals surface area contributed by atoms with Crippen LogP contribution in [0.4, 0.5) is 0 Å². The van der Waals surface area contributed by atoms with Gasteiger partial charge in [-0.25, -0.2) is 0 Å². The van der Waals surface area contributed by atoms with Crippen LogP contribution in [0.1, 0.15) is 24.8 Å². The molecule has 4 nitrogen and oxygen atoms in total. The van der Waals surface area contributed by atoms with Gasteiger partial charge in [0.1, 0.15) is 11.3 Å². The van der Waals surface area contributed by atoms with Gasteiger partial charge in [-0.2, -0.15) is 0 Å². The van der Waals surface area contributed by atoms with E-state index in [4.69, 9.17) is 10.2 Å². The summed E-state index contributed by atoms with van der Waals surface area (Å²) in [4.78, 5) is 10.8. The lowest BCUT2D eigenvalue weighted by atomic mass is 9.97. The molecule has 0 aliphatic heterocycles. The third-order valence-corrected chi connectivity index (χ3v) is 2.63. The zero-order valence-corrected chi connectivity index (χ0v) is 8.93. The van der Waals surface area contributed by atoms with Crippen molar-refractivity contribution < 1.29 is 14.3 Å². The van der Waals surface area contributed by atoms with Crippen LogP contribution < -0.4 is 5.73 Å². The number of aromatic hydroxyl groups is 1. The fourth-order valence-electron chi connectivity index (χ4n) is 1.83. The Bertz CT molecular complexity index is 530. The van der Waals surface area contributed by atoms with Gasteiger partial charge >= 0.3 is 0 Å². The third kappa shape index (κ3) is 1.86. The molecule has 0 radical (unpaired) electrons. The number of furan rings is 1. The fraction of sp³-hybridized carbons (Fsp3) is 0.250. The first kappa shape index (κ1) is 10.5. The summed E-state index contributed by atoms with van der Waals surface area (Å²) >= 11 is 0. The number of hydrogen-bond acceptors (Lipinski definition) is 3. The Balaban J connectivity index is 2.41. The monoisotopic (exact) mass is 219 g/mol. The van der Waals surface area contributed by atoms with Gasteiger partial charge in [-0.05, 0) is 18.1 Å². The Morgan fingerprint density at radius 1 is 1.56 bits per heavy atom. The number of phenols is 1. The number of carbonyl (C=O) groups excluding carboxylic acids is 1. The smallest absolute Gasteiger partial charge is 0.218 e. The predicted octanol–water partition coefficient (Wildman–Crippen LogP) is 2.12. The Hall–Kier alpha value is -1.97. The van der Waals surface area contributed by atoms with Crippen LogP contribution in [0.15, 0.2) is 28.9 Å². The largest absolute Gasteiger partial charge is 0.508 e. The molecule has 1 aromatic carbocycles. The van der Waals surface area contributed by atoms with Crippen LogP contribution in [0.3, 0.4) is 0 Å². The summed E-state index contributed by atoms with van der Waals surface area (Å²) in [7, 11) is 0. The normalized spacial score (nSPS) is 12.8. The average molecular weight is 219 g/mol. The molecule has 0 bridgehead atoms. The molecule has 4 heteroatoms. The highest BCUT2D eigenvalue weighted by atomic mass is 16.3. The molecule has 3 N–H and O–H groups in total. The SMILES string of the molecule is CC(CC(N)=O)c1coc2cc(O)ccc12. The van der Waals surface area contributed by atoms with E-state index in [9.17, 15) is 9.90 Å². The lowest BCUT2D eigenvalue weighted by molar-refractivity contribution is -0.118. The van der Waals surface area contributed by atoms with E-state index in [2.05, 4.69) is 0 Å². The summed E-state index contributed by atoms with van der Waals surface area (Å²) in [6.45, 7) is 1.92. The molecule has 0 aliphatic carbocycles. The molecule has 0 fully saturated rings. The highest BCUT2D eigenvalue weighted by molar-refractivity contribution is 5.84. The summed E-state index contributed by atoms with van der Waals surface area (Å²) in [6, 6.07) is 4.93. The summed E-state index contributed by atoms with van der Waals surface area (Å²) in [5.41, 5.74) is 6.71. The molecule has 0 aliphatic rings. The number of rotatable bonds is 3. The number of benzene rings is 1. The van der Waals surface area contributed by atoms with Crippen molar-refractivity contribution in [1.29, 1.82) is 0 Å². The lowest BCUT2D eigenvalue weighted by Gasteiger charge is -2.06. The molecule has 2 rings (SSSR count). The van der Waals surface area contributed by atoms with Crippen molar-refractivity contribution in [2.75, 3.05) is 0 Å². The average Bonchev–Trinajstić information content (AvgIpc) is 2.59.